The van der Waals surface area contributed by atoms with Crippen molar-refractivity contribution >= 4 is 18.2 Å². The summed E-state index contributed by atoms with van der Waals surface area (Å²) in [6.07, 6.45) is 2.53. The van der Waals surface area contributed by atoms with Crippen molar-refractivity contribution in [1.82, 2.24) is 14.8 Å². The van der Waals surface area contributed by atoms with Crippen LogP contribution < -0.4 is 5.73 Å². The van der Waals surface area contributed by atoms with E-state index in [9.17, 15) is 0 Å². The number of nitrogen functional groups attached to an aromatic ring is 1. The topological polar surface area (TPSA) is 59.6 Å². The zero-order valence-electron chi connectivity index (χ0n) is 7.00. The number of anilines is 1. The van der Waals surface area contributed by atoms with Gasteiger partial charge in [-0.1, -0.05) is 6.92 Å². The predicted molar refractivity (Wildman–Crippen MR) is 49.2 cm³/mol. The second-order valence-corrected chi connectivity index (χ2v) is 4.17. The molecule has 0 bridgehead atoms. The minimum Gasteiger partial charge on any atom is -0.368 e. The normalized spacial score (nSPS) is 19.4. The van der Waals surface area contributed by atoms with Crippen LogP contribution >= 0.6 is 12.2 Å². The van der Waals surface area contributed by atoms with Crippen LogP contribution in [0.4, 0.5) is 5.95 Å². The number of H-pyrrole nitrogens is 1. The highest BCUT2D eigenvalue weighted by Gasteiger charge is 2.38. The predicted octanol–water partition coefficient (Wildman–Crippen LogP) is 1.32. The first-order valence-electron chi connectivity index (χ1n) is 4.01. The van der Waals surface area contributed by atoms with Crippen molar-refractivity contribution in [2.45, 2.75) is 26.3 Å². The molecule has 0 amide bonds. The maximum atomic E-state index is 5.63. The molecule has 1 aromatic heterocycles. The molecular weight excluding hydrogens is 172 g/mol. The van der Waals surface area contributed by atoms with Crippen LogP contribution in [-0.2, 0) is 6.54 Å². The number of nitrogens with one attached hydrogen (secondary N) is 1. The quantitative estimate of drug-likeness (QED) is 0.681. The third kappa shape index (κ3) is 1.24. The summed E-state index contributed by atoms with van der Waals surface area (Å²) >= 11 is 5.03. The fourth-order valence-corrected chi connectivity index (χ4v) is 1.44. The van der Waals surface area contributed by atoms with Crippen LogP contribution in [0.15, 0.2) is 0 Å². The Hall–Kier alpha value is -0.840. The van der Waals surface area contributed by atoms with E-state index < -0.39 is 0 Å². The Bertz CT molecular complexity index is 347. The molecule has 3 N–H and O–H groups in total. The van der Waals surface area contributed by atoms with E-state index in [1.807, 2.05) is 4.57 Å². The molecule has 1 aliphatic rings. The van der Waals surface area contributed by atoms with Crippen LogP contribution in [0.5, 0.6) is 0 Å². The van der Waals surface area contributed by atoms with Gasteiger partial charge in [-0.3, -0.25) is 4.57 Å². The van der Waals surface area contributed by atoms with Crippen molar-refractivity contribution in [3.05, 3.63) is 4.77 Å². The van der Waals surface area contributed by atoms with E-state index >= 15 is 0 Å². The van der Waals surface area contributed by atoms with Crippen molar-refractivity contribution in [1.29, 1.82) is 0 Å². The van der Waals surface area contributed by atoms with Crippen LogP contribution in [0.25, 0.3) is 0 Å². The Morgan fingerprint density at radius 1 is 1.75 bits per heavy atom. The Morgan fingerprint density at radius 2 is 2.42 bits per heavy atom. The van der Waals surface area contributed by atoms with Gasteiger partial charge in [0.15, 0.2) is 4.77 Å². The van der Waals surface area contributed by atoms with Crippen molar-refractivity contribution < 1.29 is 0 Å². The summed E-state index contributed by atoms with van der Waals surface area (Å²) in [7, 11) is 0. The average Bonchev–Trinajstić information content (AvgIpc) is 2.67. The molecule has 12 heavy (non-hydrogen) atoms. The summed E-state index contributed by atoms with van der Waals surface area (Å²) in [6, 6.07) is 0. The average molecular weight is 184 g/mol. The van der Waals surface area contributed by atoms with E-state index in [-0.39, 0.29) is 0 Å². The number of nitrogens with two attached hydrogens (primary N) is 1. The van der Waals surface area contributed by atoms with Gasteiger partial charge in [-0.25, -0.2) is 5.10 Å². The summed E-state index contributed by atoms with van der Waals surface area (Å²) < 4.78 is 2.49. The van der Waals surface area contributed by atoms with E-state index in [1.54, 1.807) is 0 Å². The molecule has 66 valence electrons. The molecule has 1 aromatic rings. The number of rotatable bonds is 2. The smallest absolute Gasteiger partial charge is 0.220 e. The van der Waals surface area contributed by atoms with Gasteiger partial charge in [0.05, 0.1) is 0 Å². The van der Waals surface area contributed by atoms with Gasteiger partial charge in [-0.2, -0.15) is 0 Å². The number of aromatic nitrogens is 3. The molecule has 0 radical (unpaired) electrons. The third-order valence-corrected chi connectivity index (χ3v) is 2.74. The second-order valence-electron chi connectivity index (χ2n) is 3.78. The first-order chi connectivity index (χ1) is 5.61. The lowest BCUT2D eigenvalue weighted by atomic mass is 10.1. The molecule has 1 heterocycles. The fourth-order valence-electron chi connectivity index (χ4n) is 1.24. The fraction of sp³-hybridized carbons (Fsp3) is 0.714. The van der Waals surface area contributed by atoms with Crippen LogP contribution in [0, 0.1) is 10.2 Å². The molecule has 0 atom stereocenters. The molecule has 0 saturated heterocycles. The van der Waals surface area contributed by atoms with Crippen molar-refractivity contribution in [2.75, 3.05) is 5.73 Å². The third-order valence-electron chi connectivity index (χ3n) is 2.43. The monoisotopic (exact) mass is 184 g/mol. The lowest BCUT2D eigenvalue weighted by Gasteiger charge is -2.08. The molecule has 2 rings (SSSR count). The standard InChI is InChI=1S/C7H12N4S/c1-7(2-3-7)4-11-5(8)9-10-6(11)12/h2-4H2,1H3,(H2,8,9)(H,10,12). The maximum Gasteiger partial charge on any atom is 0.220 e. The minimum absolute atomic E-state index is 0.413. The Kier molecular flexibility index (Phi) is 1.51. The molecule has 1 aliphatic carbocycles. The highest BCUT2D eigenvalue weighted by molar-refractivity contribution is 7.71. The maximum absolute atomic E-state index is 5.63. The van der Waals surface area contributed by atoms with Gasteiger partial charge < -0.3 is 5.73 Å². The molecule has 4 nitrogen and oxygen atoms in total. The van der Waals surface area contributed by atoms with E-state index in [1.165, 1.54) is 12.8 Å². The van der Waals surface area contributed by atoms with E-state index in [0.717, 1.165) is 6.54 Å². The lowest BCUT2D eigenvalue weighted by molar-refractivity contribution is 0.464. The van der Waals surface area contributed by atoms with Crippen molar-refractivity contribution in [2.24, 2.45) is 5.41 Å². The summed E-state index contributed by atoms with van der Waals surface area (Å²) in [6.45, 7) is 3.13. The largest absolute Gasteiger partial charge is 0.368 e. The van der Waals surface area contributed by atoms with Gasteiger partial charge in [-0.05, 0) is 30.5 Å². The highest BCUT2D eigenvalue weighted by atomic mass is 32.1. The lowest BCUT2D eigenvalue weighted by Crippen LogP contribution is -2.10. The molecule has 0 aliphatic heterocycles. The first-order valence-corrected chi connectivity index (χ1v) is 4.42. The molecule has 5 heteroatoms. The van der Waals surface area contributed by atoms with Gasteiger partial charge in [0.1, 0.15) is 0 Å². The van der Waals surface area contributed by atoms with E-state index in [2.05, 4.69) is 17.1 Å². The summed E-state index contributed by atoms with van der Waals surface area (Å²) in [4.78, 5) is 0. The second kappa shape index (κ2) is 2.32. The molecule has 0 spiro atoms. The van der Waals surface area contributed by atoms with Gasteiger partial charge in [0, 0.05) is 6.54 Å². The Balaban J connectivity index is 2.27. The van der Waals surface area contributed by atoms with Gasteiger partial charge >= 0.3 is 0 Å². The van der Waals surface area contributed by atoms with E-state index in [4.69, 9.17) is 18.0 Å². The van der Waals surface area contributed by atoms with Crippen LogP contribution in [0.1, 0.15) is 19.8 Å². The number of hydrogen-bond donors (Lipinski definition) is 2. The Morgan fingerprint density at radius 3 is 2.83 bits per heavy atom. The molecule has 0 aromatic carbocycles. The number of aromatic amines is 1. The summed E-state index contributed by atoms with van der Waals surface area (Å²) in [5, 5.41) is 6.53. The van der Waals surface area contributed by atoms with Crippen LogP contribution in [-0.4, -0.2) is 14.8 Å². The SMILES string of the molecule is CC1(Cn2c(N)n[nH]c2=S)CC1. The molecule has 1 saturated carbocycles. The summed E-state index contributed by atoms with van der Waals surface area (Å²) in [5.41, 5.74) is 6.04. The molecular formula is C7H12N4S. The van der Waals surface area contributed by atoms with Crippen molar-refractivity contribution in [3.8, 4) is 0 Å². The van der Waals surface area contributed by atoms with E-state index in [0.29, 0.717) is 16.1 Å². The van der Waals surface area contributed by atoms with Crippen LogP contribution in [0.2, 0.25) is 0 Å². The number of hydrogen-bond acceptors (Lipinski definition) is 3. The zero-order valence-corrected chi connectivity index (χ0v) is 7.82. The van der Waals surface area contributed by atoms with Crippen molar-refractivity contribution in [3.63, 3.8) is 0 Å². The molecule has 0 unspecified atom stereocenters. The number of nitrogens with zero attached hydrogens (tertiary/aromatic N) is 2. The van der Waals surface area contributed by atoms with Gasteiger partial charge in [0.2, 0.25) is 5.95 Å². The van der Waals surface area contributed by atoms with Gasteiger partial charge in [-0.15, -0.1) is 5.10 Å². The van der Waals surface area contributed by atoms with Crippen LogP contribution in [0.3, 0.4) is 0 Å². The highest BCUT2D eigenvalue weighted by Crippen LogP contribution is 2.46. The minimum atomic E-state index is 0.413. The summed E-state index contributed by atoms with van der Waals surface area (Å²) in [5.74, 6) is 0.494. The Labute approximate surface area is 75.8 Å². The van der Waals surface area contributed by atoms with Gasteiger partial charge in [0.25, 0.3) is 0 Å². The molecule has 1 fully saturated rings. The first kappa shape index (κ1) is 7.79. The zero-order chi connectivity index (χ0) is 8.77.